The lowest BCUT2D eigenvalue weighted by Gasteiger charge is -2.13. The van der Waals surface area contributed by atoms with Crippen LogP contribution in [0.3, 0.4) is 0 Å². The summed E-state index contributed by atoms with van der Waals surface area (Å²) in [5.74, 6) is 0.742. The minimum absolute atomic E-state index is 0.114. The van der Waals surface area contributed by atoms with Crippen LogP contribution in [0.15, 0.2) is 24.3 Å². The molecule has 0 unspecified atom stereocenters. The minimum atomic E-state index is 0.114. The molecule has 0 saturated heterocycles. The van der Waals surface area contributed by atoms with Crippen LogP contribution in [0.2, 0.25) is 0 Å². The Morgan fingerprint density at radius 1 is 1.15 bits per heavy atom. The number of benzene rings is 1. The summed E-state index contributed by atoms with van der Waals surface area (Å²) < 4.78 is 0. The molecule has 0 aliphatic carbocycles. The monoisotopic (exact) mass is 277 g/mol. The summed E-state index contributed by atoms with van der Waals surface area (Å²) in [6.07, 6.45) is 1.54. The summed E-state index contributed by atoms with van der Waals surface area (Å²) in [6.45, 7) is 5.75. The van der Waals surface area contributed by atoms with E-state index in [9.17, 15) is 4.79 Å². The predicted octanol–water partition coefficient (Wildman–Crippen LogP) is 2.72. The molecule has 4 nitrogen and oxygen atoms in total. The van der Waals surface area contributed by atoms with Gasteiger partial charge in [0.1, 0.15) is 0 Å². The number of carbonyl (C=O) groups is 1. The third-order valence-corrected chi connectivity index (χ3v) is 3.11. The molecule has 0 radical (unpaired) electrons. The molecule has 0 atom stereocenters. The second kappa shape index (κ2) is 8.46. The molecule has 0 aromatic heterocycles. The number of carbonyl (C=O) groups excluding carboxylic acids is 1. The van der Waals surface area contributed by atoms with Crippen LogP contribution in [0.25, 0.3) is 0 Å². The van der Waals surface area contributed by atoms with Crippen molar-refractivity contribution in [1.29, 1.82) is 0 Å². The van der Waals surface area contributed by atoms with Gasteiger partial charge in [0.2, 0.25) is 5.91 Å². The van der Waals surface area contributed by atoms with E-state index in [1.807, 2.05) is 26.2 Å². The molecular formula is C16H27N3O. The normalized spacial score (nSPS) is 10.4. The number of nitrogens with zero attached hydrogens (tertiary/aromatic N) is 1. The molecule has 1 aromatic carbocycles. The number of amides is 1. The molecule has 0 aliphatic heterocycles. The van der Waals surface area contributed by atoms with E-state index in [1.54, 1.807) is 0 Å². The summed E-state index contributed by atoms with van der Waals surface area (Å²) in [7, 11) is 4.04. The fraction of sp³-hybridized carbons (Fsp3) is 0.562. The Labute approximate surface area is 122 Å². The maximum Gasteiger partial charge on any atom is 0.221 e. The molecule has 0 heterocycles. The highest BCUT2D eigenvalue weighted by atomic mass is 16.1. The van der Waals surface area contributed by atoms with Gasteiger partial charge >= 0.3 is 0 Å². The number of nitrogens with one attached hydrogen (secondary N) is 2. The topological polar surface area (TPSA) is 44.4 Å². The van der Waals surface area contributed by atoms with Gasteiger partial charge in [0, 0.05) is 45.0 Å². The summed E-state index contributed by atoms with van der Waals surface area (Å²) in [4.78, 5) is 13.7. The van der Waals surface area contributed by atoms with E-state index in [2.05, 4.69) is 41.5 Å². The van der Waals surface area contributed by atoms with E-state index >= 15 is 0 Å². The average molecular weight is 277 g/mol. The van der Waals surface area contributed by atoms with Gasteiger partial charge in [-0.3, -0.25) is 4.79 Å². The van der Waals surface area contributed by atoms with Crippen LogP contribution in [-0.2, 0) is 4.79 Å². The van der Waals surface area contributed by atoms with Crippen molar-refractivity contribution in [2.24, 2.45) is 5.92 Å². The zero-order valence-corrected chi connectivity index (χ0v) is 13.1. The minimum Gasteiger partial charge on any atom is -0.385 e. The lowest BCUT2D eigenvalue weighted by atomic mass is 10.1. The molecule has 0 bridgehead atoms. The second-order valence-electron chi connectivity index (χ2n) is 5.65. The molecule has 1 amide bonds. The van der Waals surface area contributed by atoms with Crippen molar-refractivity contribution in [2.45, 2.75) is 26.7 Å². The summed E-state index contributed by atoms with van der Waals surface area (Å²) in [6, 6.07) is 8.19. The molecular weight excluding hydrogens is 250 g/mol. The molecule has 2 N–H and O–H groups in total. The van der Waals surface area contributed by atoms with Crippen molar-refractivity contribution < 1.29 is 4.79 Å². The quantitative estimate of drug-likeness (QED) is 0.768. The van der Waals surface area contributed by atoms with Crippen LogP contribution in [0, 0.1) is 5.92 Å². The lowest BCUT2D eigenvalue weighted by molar-refractivity contribution is -0.120. The largest absolute Gasteiger partial charge is 0.385 e. The van der Waals surface area contributed by atoms with Gasteiger partial charge in [0.15, 0.2) is 0 Å². The number of hydrogen-bond donors (Lipinski definition) is 2. The van der Waals surface area contributed by atoms with Gasteiger partial charge in [0.05, 0.1) is 0 Å². The van der Waals surface area contributed by atoms with Gasteiger partial charge < -0.3 is 15.5 Å². The van der Waals surface area contributed by atoms with Crippen LogP contribution in [0.4, 0.5) is 11.4 Å². The Morgan fingerprint density at radius 2 is 1.80 bits per heavy atom. The molecule has 4 heteroatoms. The third-order valence-electron chi connectivity index (χ3n) is 3.11. The van der Waals surface area contributed by atoms with Crippen molar-refractivity contribution in [1.82, 2.24) is 5.32 Å². The Bertz CT molecular complexity index is 399. The Balaban J connectivity index is 2.21. The maximum absolute atomic E-state index is 11.6. The zero-order valence-electron chi connectivity index (χ0n) is 13.1. The average Bonchev–Trinajstić information content (AvgIpc) is 2.39. The molecule has 1 aromatic rings. The highest BCUT2D eigenvalue weighted by Gasteiger charge is 2.02. The zero-order chi connectivity index (χ0) is 15.0. The second-order valence-corrected chi connectivity index (χ2v) is 5.65. The van der Waals surface area contributed by atoms with Crippen LogP contribution in [-0.4, -0.2) is 33.1 Å². The number of anilines is 2. The molecule has 0 aliphatic rings. The van der Waals surface area contributed by atoms with Gasteiger partial charge in [-0.2, -0.15) is 0 Å². The number of hydrogen-bond acceptors (Lipinski definition) is 3. The molecule has 1 rings (SSSR count). The van der Waals surface area contributed by atoms with Gasteiger partial charge in [-0.1, -0.05) is 13.8 Å². The molecule has 0 fully saturated rings. The molecule has 112 valence electrons. The van der Waals surface area contributed by atoms with Gasteiger partial charge in [-0.05, 0) is 36.6 Å². The standard InChI is InChI=1S/C16H27N3O/c1-13(2)9-11-18-16(20)10-12-17-14-5-7-15(8-6-14)19(3)4/h5-8,13,17H,9-12H2,1-4H3,(H,18,20). The van der Waals surface area contributed by atoms with E-state index < -0.39 is 0 Å². The first-order valence-corrected chi connectivity index (χ1v) is 7.27. The van der Waals surface area contributed by atoms with Crippen molar-refractivity contribution >= 4 is 17.3 Å². The summed E-state index contributed by atoms with van der Waals surface area (Å²) >= 11 is 0. The van der Waals surface area contributed by atoms with E-state index in [-0.39, 0.29) is 5.91 Å². The Kier molecular flexibility index (Phi) is 6.91. The Hall–Kier alpha value is -1.71. The first-order valence-electron chi connectivity index (χ1n) is 7.27. The lowest BCUT2D eigenvalue weighted by Crippen LogP contribution is -2.27. The highest BCUT2D eigenvalue weighted by molar-refractivity contribution is 5.76. The molecule has 0 spiro atoms. The van der Waals surface area contributed by atoms with E-state index in [4.69, 9.17) is 0 Å². The van der Waals surface area contributed by atoms with Gasteiger partial charge in [-0.25, -0.2) is 0 Å². The smallest absolute Gasteiger partial charge is 0.221 e. The van der Waals surface area contributed by atoms with Crippen molar-refractivity contribution in [3.05, 3.63) is 24.3 Å². The van der Waals surface area contributed by atoms with Crippen molar-refractivity contribution in [2.75, 3.05) is 37.4 Å². The third kappa shape index (κ3) is 6.45. The van der Waals surface area contributed by atoms with Crippen LogP contribution < -0.4 is 15.5 Å². The Morgan fingerprint density at radius 3 is 2.35 bits per heavy atom. The predicted molar refractivity (Wildman–Crippen MR) is 86.3 cm³/mol. The van der Waals surface area contributed by atoms with E-state index in [0.717, 1.165) is 18.7 Å². The maximum atomic E-state index is 11.6. The first-order chi connectivity index (χ1) is 9.49. The fourth-order valence-corrected chi connectivity index (χ4v) is 1.79. The number of rotatable bonds is 8. The summed E-state index contributed by atoms with van der Waals surface area (Å²) in [5.41, 5.74) is 2.22. The van der Waals surface area contributed by atoms with Crippen LogP contribution in [0.5, 0.6) is 0 Å². The molecule has 20 heavy (non-hydrogen) atoms. The SMILES string of the molecule is CC(C)CCNC(=O)CCNc1ccc(N(C)C)cc1. The first kappa shape index (κ1) is 16.3. The van der Waals surface area contributed by atoms with Crippen LogP contribution >= 0.6 is 0 Å². The van der Waals surface area contributed by atoms with Crippen LogP contribution in [0.1, 0.15) is 26.7 Å². The summed E-state index contributed by atoms with van der Waals surface area (Å²) in [5, 5.41) is 6.20. The van der Waals surface area contributed by atoms with Gasteiger partial charge in [0.25, 0.3) is 0 Å². The fourth-order valence-electron chi connectivity index (χ4n) is 1.79. The van der Waals surface area contributed by atoms with Crippen molar-refractivity contribution in [3.63, 3.8) is 0 Å². The van der Waals surface area contributed by atoms with E-state index in [1.165, 1.54) is 5.69 Å². The molecule has 0 saturated carbocycles. The van der Waals surface area contributed by atoms with Gasteiger partial charge in [-0.15, -0.1) is 0 Å². The van der Waals surface area contributed by atoms with Crippen molar-refractivity contribution in [3.8, 4) is 0 Å². The van der Waals surface area contributed by atoms with E-state index in [0.29, 0.717) is 18.9 Å². The highest BCUT2D eigenvalue weighted by Crippen LogP contribution is 2.15.